The monoisotopic (exact) mass is 1130 g/mol. The zero-order chi connectivity index (χ0) is 54.7. The van der Waals surface area contributed by atoms with Gasteiger partial charge in [-0.15, -0.1) is 11.3 Å². The number of halogens is 4. The number of fused-ring (bicyclic) bond motifs is 7. The lowest BCUT2D eigenvalue weighted by Crippen LogP contribution is -2.49. The van der Waals surface area contributed by atoms with Crippen LogP contribution in [-0.4, -0.2) is 145 Å². The van der Waals surface area contributed by atoms with Crippen LogP contribution in [0.15, 0.2) is 67.1 Å². The number of esters is 1. The summed E-state index contributed by atoms with van der Waals surface area (Å²) in [6.07, 6.45) is 3.64. The van der Waals surface area contributed by atoms with Gasteiger partial charge in [0, 0.05) is 67.8 Å². The van der Waals surface area contributed by atoms with E-state index < -0.39 is 35.3 Å². The van der Waals surface area contributed by atoms with Crippen molar-refractivity contribution in [2.24, 2.45) is 0 Å². The van der Waals surface area contributed by atoms with Crippen LogP contribution in [0.5, 0.6) is 23.1 Å². The van der Waals surface area contributed by atoms with Crippen LogP contribution in [0.2, 0.25) is 10.0 Å². The first-order valence-electron chi connectivity index (χ1n) is 26.3. The van der Waals surface area contributed by atoms with Gasteiger partial charge in [-0.3, -0.25) is 4.90 Å². The molecule has 0 N–H and O–H groups in total. The first kappa shape index (κ1) is 55.7. The van der Waals surface area contributed by atoms with Gasteiger partial charge in [-0.1, -0.05) is 41.4 Å². The van der Waals surface area contributed by atoms with Crippen LogP contribution < -0.4 is 18.9 Å². The minimum atomic E-state index is -1.52. The number of nitrogens with zero attached hydrogens (tertiary/aromatic N) is 6. The topological polar surface area (TPSA) is 149 Å². The first-order chi connectivity index (χ1) is 37.5. The van der Waals surface area contributed by atoms with Gasteiger partial charge in [0.2, 0.25) is 12.0 Å². The molecule has 20 heteroatoms. The second kappa shape index (κ2) is 24.0. The Hall–Kier alpha value is -5.57. The van der Waals surface area contributed by atoms with Crippen molar-refractivity contribution in [3.8, 4) is 44.7 Å². The van der Waals surface area contributed by atoms with Crippen LogP contribution in [0.3, 0.4) is 0 Å². The van der Waals surface area contributed by atoms with Gasteiger partial charge < -0.3 is 42.8 Å². The molecule has 7 heterocycles. The fraction of sp³-hybridized carbons (Fsp3) is 0.466. The summed E-state index contributed by atoms with van der Waals surface area (Å²) in [6.45, 7) is 15.0. The standard InChI is InChI=1S/C58H64Cl2F2N6O9S/c1-34-46-35(2)50(60)51(49(34)59)75-42(27-68-21-19-67(6)20-22-68)31-73-41-11-12-44(74-28-40-15-18-63-53(66-40)37-13-16-58(62,17-14-37)32-71-30-43-29-70-23-24-72-43)38(25-41)26-45(56(69)77-57(3,4)5)76-54-48-47(46)52(78-55(48)65-33-64-54)36-7-9-39(61)10-8-36/h7-13,15,18,25,33,42-43,45H,14,16-17,19-24,26-32H2,1-6H3/t42-,43-,45-,58+/m1/s1. The van der Waals surface area contributed by atoms with Crippen molar-refractivity contribution < 1.29 is 51.5 Å². The van der Waals surface area contributed by atoms with E-state index in [0.717, 1.165) is 36.6 Å². The molecule has 2 saturated heterocycles. The Morgan fingerprint density at radius 1 is 0.936 bits per heavy atom. The number of likely N-dealkylation sites (N-methyl/N-ethyl adjacent to an activating group) is 1. The normalized spacial score (nSPS) is 21.5. The minimum Gasteiger partial charge on any atom is -0.490 e. The van der Waals surface area contributed by atoms with Crippen LogP contribution in [0.1, 0.15) is 68.2 Å². The summed E-state index contributed by atoms with van der Waals surface area (Å²) >= 11 is 16.2. The van der Waals surface area contributed by atoms with E-state index in [1.807, 2.05) is 26.0 Å². The highest BCUT2D eigenvalue weighted by Gasteiger charge is 2.36. The predicted molar refractivity (Wildman–Crippen MR) is 295 cm³/mol. The third-order valence-electron chi connectivity index (χ3n) is 14.2. The second-order valence-corrected chi connectivity index (χ2v) is 23.1. The van der Waals surface area contributed by atoms with Gasteiger partial charge in [-0.05, 0) is 119 Å². The second-order valence-electron chi connectivity index (χ2n) is 21.3. The summed E-state index contributed by atoms with van der Waals surface area (Å²) in [5.41, 5.74) is 2.91. The molecule has 15 nitrogen and oxygen atoms in total. The lowest BCUT2D eigenvalue weighted by molar-refractivity contribution is -0.163. The van der Waals surface area contributed by atoms with Gasteiger partial charge in [0.05, 0.1) is 54.2 Å². The van der Waals surface area contributed by atoms with E-state index in [0.29, 0.717) is 115 Å². The number of ether oxygens (including phenoxy) is 8. The molecule has 0 saturated carbocycles. The van der Waals surface area contributed by atoms with E-state index in [1.165, 1.54) is 29.8 Å². The number of piperazine rings is 1. The Bertz CT molecular complexity index is 3140. The van der Waals surface area contributed by atoms with Gasteiger partial charge in [0.1, 0.15) is 65.2 Å². The van der Waals surface area contributed by atoms with Crippen molar-refractivity contribution in [3.05, 3.63) is 111 Å². The quantitative estimate of drug-likeness (QED) is 0.107. The molecule has 11 rings (SSSR count). The fourth-order valence-electron chi connectivity index (χ4n) is 10.1. The SMILES string of the molecule is Cc1c(Cl)c2c(Cl)c(C)c1-c1c(-c3ccc(F)cc3)sc3ncnc(c13)O[C@@H](C(=O)OC(C)(C)C)Cc1cc(ccc1OCc1ccnc(C3=CC[C@@](F)(COC[C@H]4COCCO4)CC3)n1)OC[C@@H](CN1CCN(C)CC1)O2. The lowest BCUT2D eigenvalue weighted by Gasteiger charge is -2.35. The predicted octanol–water partition coefficient (Wildman–Crippen LogP) is 10.9. The Balaban J connectivity index is 1.01. The van der Waals surface area contributed by atoms with Crippen molar-refractivity contribution in [2.45, 2.75) is 96.5 Å². The summed E-state index contributed by atoms with van der Waals surface area (Å²) in [5, 5.41) is 1.10. The number of aromatic nitrogens is 4. The molecule has 4 bridgehead atoms. The van der Waals surface area contributed by atoms with Crippen molar-refractivity contribution in [2.75, 3.05) is 79.4 Å². The third kappa shape index (κ3) is 13.0. The molecule has 3 aromatic carbocycles. The molecule has 5 aliphatic rings. The van der Waals surface area contributed by atoms with Crippen molar-refractivity contribution in [3.63, 3.8) is 0 Å². The highest BCUT2D eigenvalue weighted by molar-refractivity contribution is 7.22. The van der Waals surface area contributed by atoms with Gasteiger partial charge in [0.15, 0.2) is 11.6 Å². The molecule has 0 radical (unpaired) electrons. The van der Waals surface area contributed by atoms with Gasteiger partial charge in [-0.25, -0.2) is 33.5 Å². The molecule has 3 aromatic heterocycles. The average Bonchev–Trinajstić information content (AvgIpc) is 3.85. The summed E-state index contributed by atoms with van der Waals surface area (Å²) in [4.78, 5) is 39.4. The van der Waals surface area contributed by atoms with Crippen LogP contribution in [-0.2, 0) is 36.8 Å². The highest BCUT2D eigenvalue weighted by atomic mass is 35.5. The van der Waals surface area contributed by atoms with Crippen molar-refractivity contribution >= 4 is 56.3 Å². The van der Waals surface area contributed by atoms with Gasteiger partial charge in [0.25, 0.3) is 0 Å². The molecule has 0 unspecified atom stereocenters. The van der Waals surface area contributed by atoms with Crippen LogP contribution in [0.4, 0.5) is 8.78 Å². The maximum atomic E-state index is 15.9. The third-order valence-corrected chi connectivity index (χ3v) is 16.3. The van der Waals surface area contributed by atoms with Crippen molar-refractivity contribution in [1.29, 1.82) is 0 Å². The number of allylic oxidation sites excluding steroid dienone is 2. The molecule has 0 spiro atoms. The van der Waals surface area contributed by atoms with Crippen molar-refractivity contribution in [1.82, 2.24) is 29.7 Å². The Kier molecular flexibility index (Phi) is 17.2. The number of carbonyl (C=O) groups is 1. The number of thiophene rings is 1. The molecule has 78 heavy (non-hydrogen) atoms. The lowest BCUT2D eigenvalue weighted by atomic mass is 9.87. The zero-order valence-corrected chi connectivity index (χ0v) is 47.0. The molecule has 1 aliphatic carbocycles. The molecule has 0 amide bonds. The number of alkyl halides is 1. The smallest absolute Gasteiger partial charge is 0.348 e. The minimum absolute atomic E-state index is 0.0249. The first-order valence-corrected chi connectivity index (χ1v) is 27.9. The maximum Gasteiger partial charge on any atom is 0.348 e. The molecular formula is C58H64Cl2F2N6O9S. The van der Waals surface area contributed by atoms with E-state index in [4.69, 9.17) is 76.0 Å². The Labute approximate surface area is 467 Å². The molecule has 4 aliphatic heterocycles. The van der Waals surface area contributed by atoms with E-state index in [1.54, 1.807) is 57.3 Å². The molecule has 2 fully saturated rings. The number of hydrogen-bond donors (Lipinski definition) is 0. The van der Waals surface area contributed by atoms with Gasteiger partial charge >= 0.3 is 5.97 Å². The Morgan fingerprint density at radius 2 is 1.72 bits per heavy atom. The van der Waals surface area contributed by atoms with E-state index >= 15 is 4.39 Å². The van der Waals surface area contributed by atoms with E-state index in [9.17, 15) is 9.18 Å². The molecule has 414 valence electrons. The van der Waals surface area contributed by atoms with E-state index in [2.05, 4.69) is 21.8 Å². The summed E-state index contributed by atoms with van der Waals surface area (Å²) in [5.74, 6) is 0.762. The fourth-order valence-corrected chi connectivity index (χ4v) is 11.7. The van der Waals surface area contributed by atoms with Crippen LogP contribution in [0, 0.1) is 19.7 Å². The summed E-state index contributed by atoms with van der Waals surface area (Å²) in [6, 6.07) is 13.4. The molecule has 4 atom stereocenters. The number of hydrogen-bond acceptors (Lipinski definition) is 16. The van der Waals surface area contributed by atoms with E-state index in [-0.39, 0.29) is 57.7 Å². The van der Waals surface area contributed by atoms with Gasteiger partial charge in [-0.2, -0.15) is 0 Å². The Morgan fingerprint density at radius 3 is 2.44 bits per heavy atom. The van der Waals surface area contributed by atoms with Crippen LogP contribution >= 0.6 is 34.5 Å². The zero-order valence-electron chi connectivity index (χ0n) is 44.7. The number of benzene rings is 3. The number of carbonyl (C=O) groups excluding carboxylic acids is 1. The summed E-state index contributed by atoms with van der Waals surface area (Å²) in [7, 11) is 2.11. The van der Waals surface area contributed by atoms with Crippen LogP contribution in [0.25, 0.3) is 37.4 Å². The average molecular weight is 1130 g/mol. The molecule has 6 aromatic rings. The number of rotatable bonds is 12. The molecular weight excluding hydrogens is 1070 g/mol. The largest absolute Gasteiger partial charge is 0.490 e. The maximum absolute atomic E-state index is 15.9. The highest BCUT2D eigenvalue weighted by Crippen LogP contribution is 2.53. The summed E-state index contributed by atoms with van der Waals surface area (Å²) < 4.78 is 80.4.